The van der Waals surface area contributed by atoms with Crippen molar-refractivity contribution in [3.05, 3.63) is 86.3 Å². The van der Waals surface area contributed by atoms with Gasteiger partial charge in [-0.25, -0.2) is 0 Å². The highest BCUT2D eigenvalue weighted by atomic mass is 16.5. The minimum Gasteiger partial charge on any atom is -0.496 e. The SMILES string of the molecule is COc1cc(-c2cn(C)c(=O)c(C)c2C)cc(OC)c1CN1CCC(COc2cccc3c2CCN(C(=O)/C(C#N)=C/C(C)(C)C)C3C)CC1. The lowest BCUT2D eigenvalue weighted by Crippen LogP contribution is -2.40. The van der Waals surface area contributed by atoms with Crippen LogP contribution in [0.4, 0.5) is 0 Å². The van der Waals surface area contributed by atoms with Crippen molar-refractivity contribution in [1.82, 2.24) is 14.4 Å². The normalized spacial score (nSPS) is 17.2. The summed E-state index contributed by atoms with van der Waals surface area (Å²) >= 11 is 0. The largest absolute Gasteiger partial charge is 0.496 e. The fourth-order valence-electron chi connectivity index (χ4n) is 7.28. The Bertz CT molecular complexity index is 1850. The van der Waals surface area contributed by atoms with Crippen LogP contribution in [0.1, 0.15) is 74.4 Å². The number of aromatic nitrogens is 1. The second kappa shape index (κ2) is 15.1. The number of benzene rings is 2. The van der Waals surface area contributed by atoms with Crippen LogP contribution in [0.25, 0.3) is 11.1 Å². The van der Waals surface area contributed by atoms with E-state index in [1.807, 2.05) is 76.9 Å². The Morgan fingerprint density at radius 3 is 2.28 bits per heavy atom. The quantitative estimate of drug-likeness (QED) is 0.179. The van der Waals surface area contributed by atoms with E-state index in [0.29, 0.717) is 32.0 Å². The molecule has 2 aliphatic rings. The number of ether oxygens (including phenoxy) is 3. The Morgan fingerprint density at radius 2 is 1.68 bits per heavy atom. The van der Waals surface area contributed by atoms with Gasteiger partial charge in [-0.2, -0.15) is 5.26 Å². The number of carbonyl (C=O) groups excluding carboxylic acids is 1. The van der Waals surface area contributed by atoms with E-state index in [0.717, 1.165) is 82.1 Å². The molecule has 50 heavy (non-hydrogen) atoms. The zero-order chi connectivity index (χ0) is 36.3. The molecular formula is C41H52N4O5. The lowest BCUT2D eigenvalue weighted by Gasteiger charge is -2.36. The van der Waals surface area contributed by atoms with Crippen LogP contribution in [0.5, 0.6) is 17.2 Å². The van der Waals surface area contributed by atoms with Crippen LogP contribution in [0, 0.1) is 36.5 Å². The molecule has 1 aromatic heterocycles. The van der Waals surface area contributed by atoms with Crippen LogP contribution in [0.2, 0.25) is 0 Å². The zero-order valence-electron chi connectivity index (χ0n) is 31.2. The monoisotopic (exact) mass is 680 g/mol. The van der Waals surface area contributed by atoms with Crippen molar-refractivity contribution >= 4 is 5.91 Å². The van der Waals surface area contributed by atoms with E-state index < -0.39 is 0 Å². The van der Waals surface area contributed by atoms with Crippen molar-refractivity contribution in [3.8, 4) is 34.4 Å². The number of aryl methyl sites for hydroxylation is 1. The number of piperidine rings is 1. The third kappa shape index (κ3) is 7.76. The van der Waals surface area contributed by atoms with Crippen LogP contribution in [-0.4, -0.2) is 60.7 Å². The summed E-state index contributed by atoms with van der Waals surface area (Å²) in [5.74, 6) is 2.66. The number of rotatable bonds is 9. The molecule has 0 saturated carbocycles. The second-order valence-electron chi connectivity index (χ2n) is 14.9. The number of hydrogen-bond acceptors (Lipinski definition) is 7. The number of fused-ring (bicyclic) bond motifs is 1. The van der Waals surface area contributed by atoms with Gasteiger partial charge < -0.3 is 23.7 Å². The number of amides is 1. The molecule has 1 amide bonds. The molecule has 9 nitrogen and oxygen atoms in total. The summed E-state index contributed by atoms with van der Waals surface area (Å²) in [5.41, 5.74) is 6.83. The number of nitrogens with zero attached hydrogens (tertiary/aromatic N) is 4. The maximum atomic E-state index is 13.4. The molecule has 2 aliphatic heterocycles. The van der Waals surface area contributed by atoms with E-state index in [2.05, 4.69) is 17.0 Å². The fourth-order valence-corrected chi connectivity index (χ4v) is 7.28. The van der Waals surface area contributed by atoms with Crippen LogP contribution in [-0.2, 0) is 24.8 Å². The van der Waals surface area contributed by atoms with Gasteiger partial charge in [0, 0.05) is 43.0 Å². The topological polar surface area (TPSA) is 97.0 Å². The number of pyridine rings is 1. The van der Waals surface area contributed by atoms with Gasteiger partial charge >= 0.3 is 0 Å². The lowest BCUT2D eigenvalue weighted by molar-refractivity contribution is -0.129. The number of nitriles is 1. The summed E-state index contributed by atoms with van der Waals surface area (Å²) in [7, 11) is 5.16. The second-order valence-corrected chi connectivity index (χ2v) is 14.9. The van der Waals surface area contributed by atoms with Gasteiger partial charge in [0.1, 0.15) is 28.9 Å². The molecule has 5 rings (SSSR count). The molecule has 3 aromatic rings. The van der Waals surface area contributed by atoms with Crippen molar-refractivity contribution in [2.45, 2.75) is 73.4 Å². The molecule has 0 spiro atoms. The first-order valence-electron chi connectivity index (χ1n) is 17.6. The minimum atomic E-state index is -0.259. The Labute approximate surface area is 297 Å². The van der Waals surface area contributed by atoms with E-state index in [4.69, 9.17) is 14.2 Å². The van der Waals surface area contributed by atoms with E-state index >= 15 is 0 Å². The predicted molar refractivity (Wildman–Crippen MR) is 197 cm³/mol. The molecule has 0 radical (unpaired) electrons. The molecule has 0 aliphatic carbocycles. The van der Waals surface area contributed by atoms with Crippen molar-refractivity contribution in [2.75, 3.05) is 40.5 Å². The first-order valence-corrected chi connectivity index (χ1v) is 17.6. The highest BCUT2D eigenvalue weighted by Crippen LogP contribution is 2.39. The van der Waals surface area contributed by atoms with Crippen LogP contribution in [0.15, 0.2) is 53.0 Å². The molecule has 1 atom stereocenters. The average Bonchev–Trinajstić information content (AvgIpc) is 3.10. The molecule has 1 unspecified atom stereocenters. The average molecular weight is 681 g/mol. The zero-order valence-corrected chi connectivity index (χ0v) is 31.2. The van der Waals surface area contributed by atoms with Crippen molar-refractivity contribution in [2.24, 2.45) is 18.4 Å². The maximum Gasteiger partial charge on any atom is 0.264 e. The summed E-state index contributed by atoms with van der Waals surface area (Å²) in [4.78, 5) is 30.1. The van der Waals surface area contributed by atoms with Crippen LogP contribution in [0.3, 0.4) is 0 Å². The van der Waals surface area contributed by atoms with E-state index in [1.54, 1.807) is 31.9 Å². The number of hydrogen-bond donors (Lipinski definition) is 0. The van der Waals surface area contributed by atoms with Crippen LogP contribution >= 0.6 is 0 Å². The maximum absolute atomic E-state index is 13.4. The molecule has 0 bridgehead atoms. The molecule has 1 saturated heterocycles. The third-order valence-corrected chi connectivity index (χ3v) is 10.3. The van der Waals surface area contributed by atoms with Gasteiger partial charge in [0.05, 0.1) is 32.4 Å². The van der Waals surface area contributed by atoms with Gasteiger partial charge in [0.25, 0.3) is 11.5 Å². The molecule has 0 N–H and O–H groups in total. The summed E-state index contributed by atoms with van der Waals surface area (Å²) in [6.45, 7) is 15.6. The summed E-state index contributed by atoms with van der Waals surface area (Å²) < 4.78 is 19.9. The molecule has 266 valence electrons. The first-order chi connectivity index (χ1) is 23.8. The number of allylic oxidation sites excluding steroid dienone is 1. The summed E-state index contributed by atoms with van der Waals surface area (Å²) in [6.07, 6.45) is 6.38. The van der Waals surface area contributed by atoms with Gasteiger partial charge in [-0.1, -0.05) is 39.0 Å². The molecule has 1 fully saturated rings. The highest BCUT2D eigenvalue weighted by molar-refractivity contribution is 5.97. The van der Waals surface area contributed by atoms with Crippen molar-refractivity contribution in [1.29, 1.82) is 5.26 Å². The van der Waals surface area contributed by atoms with E-state index in [1.165, 1.54) is 0 Å². The standard InChI is InChI=1S/C41H52N4O5/c1-26-27(2)39(46)43(7)23-34(26)30-19-37(48-8)35(38(20-30)49-9)24-44-16-13-29(14-17-44)25-50-36-12-10-11-32-28(3)45(18-15-33(32)36)40(47)31(22-42)21-41(4,5)6/h10-12,19-21,23,28-29H,13-18,24-25H2,1-9H3/b31-21+. The van der Waals surface area contributed by atoms with Gasteiger partial charge in [-0.15, -0.1) is 0 Å². The van der Waals surface area contributed by atoms with Crippen molar-refractivity contribution in [3.63, 3.8) is 0 Å². The third-order valence-electron chi connectivity index (χ3n) is 10.3. The van der Waals surface area contributed by atoms with Crippen LogP contribution < -0.4 is 19.8 Å². The van der Waals surface area contributed by atoms with E-state index in [9.17, 15) is 14.9 Å². The van der Waals surface area contributed by atoms with Gasteiger partial charge in [-0.3, -0.25) is 14.5 Å². The van der Waals surface area contributed by atoms with Gasteiger partial charge in [-0.05, 0) is 99.3 Å². The molecule has 9 heteroatoms. The predicted octanol–water partition coefficient (Wildman–Crippen LogP) is 6.92. The Morgan fingerprint density at radius 1 is 1.02 bits per heavy atom. The smallest absolute Gasteiger partial charge is 0.264 e. The Kier molecular flexibility index (Phi) is 11.1. The first kappa shape index (κ1) is 36.7. The molecular weight excluding hydrogens is 628 g/mol. The Hall–Kier alpha value is -4.55. The van der Waals surface area contributed by atoms with E-state index in [-0.39, 0.29) is 28.5 Å². The number of carbonyl (C=O) groups is 1. The minimum absolute atomic E-state index is 0.00799. The van der Waals surface area contributed by atoms with Gasteiger partial charge in [0.2, 0.25) is 0 Å². The summed E-state index contributed by atoms with van der Waals surface area (Å²) in [5, 5.41) is 9.72. The summed E-state index contributed by atoms with van der Waals surface area (Å²) in [6, 6.07) is 12.2. The number of likely N-dealkylation sites (tertiary alicyclic amines) is 1. The molecule has 2 aromatic carbocycles. The lowest BCUT2D eigenvalue weighted by atomic mass is 9.90. The van der Waals surface area contributed by atoms with Crippen molar-refractivity contribution < 1.29 is 19.0 Å². The number of methoxy groups -OCH3 is 2. The fraction of sp³-hybridized carbons (Fsp3) is 0.488. The molecule has 3 heterocycles. The highest BCUT2D eigenvalue weighted by Gasteiger charge is 2.32. The Balaban J connectivity index is 1.22. The van der Waals surface area contributed by atoms with Gasteiger partial charge in [0.15, 0.2) is 0 Å².